The lowest BCUT2D eigenvalue weighted by atomic mass is 10.0. The zero-order chi connectivity index (χ0) is 12.3. The van der Waals surface area contributed by atoms with Gasteiger partial charge in [-0.1, -0.05) is 50.6 Å². The SMILES string of the molecule is CCCCOCCC(NCC)c1ccccc1. The van der Waals surface area contributed by atoms with E-state index in [-0.39, 0.29) is 0 Å². The van der Waals surface area contributed by atoms with Crippen molar-refractivity contribution in [1.29, 1.82) is 0 Å². The number of unbranched alkanes of at least 4 members (excludes halogenated alkanes) is 1. The van der Waals surface area contributed by atoms with Crippen molar-refractivity contribution in [2.24, 2.45) is 0 Å². The van der Waals surface area contributed by atoms with Crippen molar-refractivity contribution in [3.05, 3.63) is 35.9 Å². The predicted octanol–water partition coefficient (Wildman–Crippen LogP) is 3.54. The van der Waals surface area contributed by atoms with Gasteiger partial charge in [-0.05, 0) is 24.9 Å². The quantitative estimate of drug-likeness (QED) is 0.661. The Morgan fingerprint density at radius 3 is 2.53 bits per heavy atom. The van der Waals surface area contributed by atoms with E-state index in [2.05, 4.69) is 49.5 Å². The summed E-state index contributed by atoms with van der Waals surface area (Å²) in [6.07, 6.45) is 3.41. The number of rotatable bonds is 9. The molecule has 0 saturated carbocycles. The topological polar surface area (TPSA) is 21.3 Å². The number of benzene rings is 1. The first-order valence-corrected chi connectivity index (χ1v) is 6.74. The van der Waals surface area contributed by atoms with E-state index < -0.39 is 0 Å². The molecule has 2 nitrogen and oxygen atoms in total. The van der Waals surface area contributed by atoms with E-state index in [1.54, 1.807) is 0 Å². The minimum atomic E-state index is 0.419. The molecule has 0 aromatic heterocycles. The largest absolute Gasteiger partial charge is 0.381 e. The van der Waals surface area contributed by atoms with Gasteiger partial charge < -0.3 is 10.1 Å². The molecule has 1 aromatic carbocycles. The molecule has 0 bridgehead atoms. The molecule has 1 aromatic rings. The van der Waals surface area contributed by atoms with Crippen LogP contribution in [0.5, 0.6) is 0 Å². The molecule has 0 aliphatic carbocycles. The molecule has 0 amide bonds. The van der Waals surface area contributed by atoms with Gasteiger partial charge in [-0.15, -0.1) is 0 Å². The lowest BCUT2D eigenvalue weighted by molar-refractivity contribution is 0.121. The summed E-state index contributed by atoms with van der Waals surface area (Å²) in [6, 6.07) is 11.0. The lowest BCUT2D eigenvalue weighted by Gasteiger charge is -2.18. The van der Waals surface area contributed by atoms with Gasteiger partial charge in [-0.2, -0.15) is 0 Å². The lowest BCUT2D eigenvalue weighted by Crippen LogP contribution is -2.22. The predicted molar refractivity (Wildman–Crippen MR) is 73.2 cm³/mol. The highest BCUT2D eigenvalue weighted by Crippen LogP contribution is 2.16. The number of nitrogens with one attached hydrogen (secondary N) is 1. The molecule has 0 aliphatic rings. The molecular weight excluding hydrogens is 210 g/mol. The van der Waals surface area contributed by atoms with Crippen molar-refractivity contribution in [1.82, 2.24) is 5.32 Å². The van der Waals surface area contributed by atoms with E-state index in [9.17, 15) is 0 Å². The zero-order valence-corrected chi connectivity index (χ0v) is 11.1. The summed E-state index contributed by atoms with van der Waals surface area (Å²) in [5.74, 6) is 0. The molecule has 1 N–H and O–H groups in total. The summed E-state index contributed by atoms with van der Waals surface area (Å²) in [6.45, 7) is 7.06. The smallest absolute Gasteiger partial charge is 0.0484 e. The van der Waals surface area contributed by atoms with Crippen molar-refractivity contribution < 1.29 is 4.74 Å². The Hall–Kier alpha value is -0.860. The molecule has 0 heterocycles. The van der Waals surface area contributed by atoms with Crippen LogP contribution in [0.15, 0.2) is 30.3 Å². The van der Waals surface area contributed by atoms with E-state index in [0.29, 0.717) is 6.04 Å². The van der Waals surface area contributed by atoms with Crippen molar-refractivity contribution >= 4 is 0 Å². The van der Waals surface area contributed by atoms with Crippen molar-refractivity contribution in [2.75, 3.05) is 19.8 Å². The fourth-order valence-electron chi connectivity index (χ4n) is 1.87. The van der Waals surface area contributed by atoms with Gasteiger partial charge in [0.2, 0.25) is 0 Å². The van der Waals surface area contributed by atoms with Crippen LogP contribution in [0.4, 0.5) is 0 Å². The Bertz CT molecular complexity index is 274. The van der Waals surface area contributed by atoms with Gasteiger partial charge in [0, 0.05) is 19.3 Å². The maximum absolute atomic E-state index is 5.63. The van der Waals surface area contributed by atoms with Gasteiger partial charge >= 0.3 is 0 Å². The molecule has 2 heteroatoms. The standard InChI is InChI=1S/C15H25NO/c1-3-5-12-17-13-11-15(16-4-2)14-9-7-6-8-10-14/h6-10,15-16H,3-5,11-13H2,1-2H3. The third-order valence-corrected chi connectivity index (χ3v) is 2.85. The normalized spacial score (nSPS) is 12.6. The minimum Gasteiger partial charge on any atom is -0.381 e. The molecule has 0 spiro atoms. The Morgan fingerprint density at radius 2 is 1.88 bits per heavy atom. The van der Waals surface area contributed by atoms with Crippen LogP contribution in [0.2, 0.25) is 0 Å². The minimum absolute atomic E-state index is 0.419. The van der Waals surface area contributed by atoms with Gasteiger partial charge in [0.1, 0.15) is 0 Å². The Morgan fingerprint density at radius 1 is 1.12 bits per heavy atom. The highest BCUT2D eigenvalue weighted by molar-refractivity contribution is 5.18. The Balaban J connectivity index is 2.33. The molecule has 1 rings (SSSR count). The van der Waals surface area contributed by atoms with Crippen LogP contribution >= 0.6 is 0 Å². The fraction of sp³-hybridized carbons (Fsp3) is 0.600. The molecule has 1 atom stereocenters. The average Bonchev–Trinajstić information content (AvgIpc) is 2.38. The zero-order valence-electron chi connectivity index (χ0n) is 11.1. The van der Waals surface area contributed by atoms with Crippen LogP contribution in [0.1, 0.15) is 44.7 Å². The summed E-state index contributed by atoms with van der Waals surface area (Å²) < 4.78 is 5.63. The molecule has 0 aliphatic heterocycles. The number of hydrogen-bond donors (Lipinski definition) is 1. The molecule has 96 valence electrons. The van der Waals surface area contributed by atoms with Crippen molar-refractivity contribution in [3.8, 4) is 0 Å². The van der Waals surface area contributed by atoms with Crippen LogP contribution < -0.4 is 5.32 Å². The van der Waals surface area contributed by atoms with Gasteiger partial charge in [0.15, 0.2) is 0 Å². The first kappa shape index (κ1) is 14.2. The summed E-state index contributed by atoms with van der Waals surface area (Å²) in [4.78, 5) is 0. The van der Waals surface area contributed by atoms with Crippen LogP contribution in [-0.4, -0.2) is 19.8 Å². The summed E-state index contributed by atoms with van der Waals surface area (Å²) in [5, 5.41) is 3.51. The summed E-state index contributed by atoms with van der Waals surface area (Å²) in [5.41, 5.74) is 1.36. The second-order valence-corrected chi connectivity index (χ2v) is 4.28. The molecule has 0 fully saturated rings. The van der Waals surface area contributed by atoms with Gasteiger partial charge in [0.05, 0.1) is 0 Å². The van der Waals surface area contributed by atoms with Gasteiger partial charge in [-0.3, -0.25) is 0 Å². The number of hydrogen-bond acceptors (Lipinski definition) is 2. The third kappa shape index (κ3) is 5.85. The van der Waals surface area contributed by atoms with Crippen LogP contribution in [-0.2, 0) is 4.74 Å². The van der Waals surface area contributed by atoms with E-state index >= 15 is 0 Å². The maximum atomic E-state index is 5.63. The molecule has 1 unspecified atom stereocenters. The van der Waals surface area contributed by atoms with Crippen molar-refractivity contribution in [2.45, 2.75) is 39.2 Å². The summed E-state index contributed by atoms with van der Waals surface area (Å²) in [7, 11) is 0. The van der Waals surface area contributed by atoms with E-state index in [4.69, 9.17) is 4.74 Å². The van der Waals surface area contributed by atoms with Crippen LogP contribution in [0.3, 0.4) is 0 Å². The van der Waals surface area contributed by atoms with Crippen molar-refractivity contribution in [3.63, 3.8) is 0 Å². The van der Waals surface area contributed by atoms with E-state index in [0.717, 1.165) is 32.6 Å². The van der Waals surface area contributed by atoms with E-state index in [1.165, 1.54) is 12.0 Å². The second-order valence-electron chi connectivity index (χ2n) is 4.28. The molecule has 17 heavy (non-hydrogen) atoms. The Kier molecular flexibility index (Phi) is 7.69. The molecule has 0 radical (unpaired) electrons. The van der Waals surface area contributed by atoms with E-state index in [1.807, 2.05) is 0 Å². The number of ether oxygens (including phenoxy) is 1. The Labute approximate surface area is 105 Å². The maximum Gasteiger partial charge on any atom is 0.0484 e. The van der Waals surface area contributed by atoms with Crippen LogP contribution in [0, 0.1) is 0 Å². The van der Waals surface area contributed by atoms with Gasteiger partial charge in [-0.25, -0.2) is 0 Å². The summed E-state index contributed by atoms with van der Waals surface area (Å²) >= 11 is 0. The first-order chi connectivity index (χ1) is 8.38. The second kappa shape index (κ2) is 9.20. The van der Waals surface area contributed by atoms with Crippen LogP contribution in [0.25, 0.3) is 0 Å². The average molecular weight is 235 g/mol. The fourth-order valence-corrected chi connectivity index (χ4v) is 1.87. The first-order valence-electron chi connectivity index (χ1n) is 6.74. The highest BCUT2D eigenvalue weighted by Gasteiger charge is 2.08. The highest BCUT2D eigenvalue weighted by atomic mass is 16.5. The van der Waals surface area contributed by atoms with Gasteiger partial charge in [0.25, 0.3) is 0 Å². The molecular formula is C15H25NO. The monoisotopic (exact) mass is 235 g/mol. The third-order valence-electron chi connectivity index (χ3n) is 2.85. The molecule has 0 saturated heterocycles.